The van der Waals surface area contributed by atoms with E-state index in [-0.39, 0.29) is 12.8 Å². The van der Waals surface area contributed by atoms with Gasteiger partial charge < -0.3 is 18.9 Å². The summed E-state index contributed by atoms with van der Waals surface area (Å²) in [4.78, 5) is 49.1. The quantitative estimate of drug-likeness (QED) is 0.533. The number of methoxy groups -OCH3 is 2. The number of nitrogens with zero attached hydrogens (tertiary/aromatic N) is 1. The van der Waals surface area contributed by atoms with Gasteiger partial charge in [0.05, 0.1) is 14.2 Å². The Hall–Kier alpha value is -2.32. The first kappa shape index (κ1) is 23.7. The Morgan fingerprint density at radius 2 is 1.31 bits per heavy atom. The van der Waals surface area contributed by atoms with E-state index in [0.29, 0.717) is 4.90 Å². The van der Waals surface area contributed by atoms with Crippen molar-refractivity contribution in [3.8, 4) is 0 Å². The van der Waals surface area contributed by atoms with Crippen molar-refractivity contribution in [1.29, 1.82) is 0 Å². The zero-order chi connectivity index (χ0) is 20.7. The molecule has 1 atom stereocenters. The number of carbonyl (C=O) groups is 4. The number of carbonyl (C=O) groups excluding carboxylic acids is 4. The molecule has 0 aliphatic heterocycles. The van der Waals surface area contributed by atoms with E-state index in [1.807, 2.05) is 0 Å². The Kier molecular flexibility index (Phi) is 8.56. The number of rotatable bonds is 5. The minimum absolute atomic E-state index is 0.198. The van der Waals surface area contributed by atoms with Crippen molar-refractivity contribution < 1.29 is 38.1 Å². The molecular weight excluding hydrogens is 346 g/mol. The van der Waals surface area contributed by atoms with Gasteiger partial charge in [-0.15, -0.1) is 0 Å². The van der Waals surface area contributed by atoms with Crippen LogP contribution in [0.3, 0.4) is 0 Å². The van der Waals surface area contributed by atoms with Crippen molar-refractivity contribution in [3.63, 3.8) is 0 Å². The summed E-state index contributed by atoms with van der Waals surface area (Å²) in [6.45, 7) is 9.74. The molecule has 0 rings (SSSR count). The highest BCUT2D eigenvalue weighted by Crippen LogP contribution is 2.19. The van der Waals surface area contributed by atoms with Crippen LogP contribution in [0.15, 0.2) is 0 Å². The molecule has 0 aromatic heterocycles. The van der Waals surface area contributed by atoms with Gasteiger partial charge in [-0.05, 0) is 48.0 Å². The summed E-state index contributed by atoms with van der Waals surface area (Å²) in [5.74, 6) is -1.47. The predicted molar refractivity (Wildman–Crippen MR) is 91.4 cm³/mol. The average Bonchev–Trinajstić information content (AvgIpc) is 2.46. The molecule has 0 heterocycles. The smallest absolute Gasteiger partial charge is 0.420 e. The van der Waals surface area contributed by atoms with Gasteiger partial charge in [0.2, 0.25) is 0 Å². The van der Waals surface area contributed by atoms with Crippen molar-refractivity contribution in [1.82, 2.24) is 4.90 Å². The second kappa shape index (κ2) is 9.40. The number of imide groups is 1. The fraction of sp³-hybridized carbons (Fsp3) is 0.765. The second-order valence-electron chi connectivity index (χ2n) is 7.48. The molecule has 0 aromatic rings. The molecule has 0 radical (unpaired) electrons. The summed E-state index contributed by atoms with van der Waals surface area (Å²) in [7, 11) is 2.25. The van der Waals surface area contributed by atoms with E-state index in [2.05, 4.69) is 9.47 Å². The lowest BCUT2D eigenvalue weighted by Gasteiger charge is -2.31. The molecule has 9 heteroatoms. The first-order valence-corrected chi connectivity index (χ1v) is 8.11. The third-order valence-electron chi connectivity index (χ3n) is 2.80. The van der Waals surface area contributed by atoms with Crippen molar-refractivity contribution >= 4 is 24.1 Å². The van der Waals surface area contributed by atoms with Crippen LogP contribution in [-0.4, -0.2) is 60.5 Å². The Balaban J connectivity index is 5.75. The molecule has 0 spiro atoms. The molecule has 0 aromatic carbocycles. The van der Waals surface area contributed by atoms with E-state index in [4.69, 9.17) is 9.47 Å². The lowest BCUT2D eigenvalue weighted by molar-refractivity contribution is -0.161. The first-order chi connectivity index (χ1) is 11.7. The topological polar surface area (TPSA) is 108 Å². The maximum Gasteiger partial charge on any atom is 0.420 e. The molecule has 0 bridgehead atoms. The summed E-state index contributed by atoms with van der Waals surface area (Å²) in [6.07, 6.45) is -2.59. The fourth-order valence-electron chi connectivity index (χ4n) is 1.82. The molecule has 1 unspecified atom stereocenters. The number of hydrogen-bond donors (Lipinski definition) is 0. The monoisotopic (exact) mass is 375 g/mol. The van der Waals surface area contributed by atoms with Gasteiger partial charge in [0.1, 0.15) is 17.2 Å². The van der Waals surface area contributed by atoms with Crippen LogP contribution in [0.1, 0.15) is 54.4 Å². The lowest BCUT2D eigenvalue weighted by Crippen LogP contribution is -2.52. The predicted octanol–water partition coefficient (Wildman–Crippen LogP) is 2.65. The van der Waals surface area contributed by atoms with Crippen molar-refractivity contribution in [2.75, 3.05) is 14.2 Å². The normalized spacial score (nSPS) is 12.6. The van der Waals surface area contributed by atoms with Crippen LogP contribution < -0.4 is 0 Å². The largest absolute Gasteiger partial charge is 0.469 e. The van der Waals surface area contributed by atoms with E-state index < -0.39 is 41.4 Å². The highest BCUT2D eigenvalue weighted by Gasteiger charge is 2.40. The molecule has 0 aliphatic carbocycles. The van der Waals surface area contributed by atoms with Crippen molar-refractivity contribution in [2.24, 2.45) is 0 Å². The van der Waals surface area contributed by atoms with E-state index in [1.54, 1.807) is 41.5 Å². The Bertz CT molecular complexity index is 530. The van der Waals surface area contributed by atoms with Crippen molar-refractivity contribution in [3.05, 3.63) is 0 Å². The number of ether oxygens (including phenoxy) is 4. The molecule has 0 saturated heterocycles. The van der Waals surface area contributed by atoms with Gasteiger partial charge in [-0.3, -0.25) is 4.79 Å². The number of amides is 2. The van der Waals surface area contributed by atoms with Gasteiger partial charge in [0, 0.05) is 6.42 Å². The van der Waals surface area contributed by atoms with Gasteiger partial charge in [-0.2, -0.15) is 4.90 Å². The standard InChI is InChI=1S/C17H29NO8/c1-16(2,3)25-13(20)11(9-10-12(19)23-7)18(14(21)24-8)15(22)26-17(4,5)6/h11H,9-10H2,1-8H3. The van der Waals surface area contributed by atoms with Crippen molar-refractivity contribution in [2.45, 2.75) is 71.6 Å². The average molecular weight is 375 g/mol. The molecular formula is C17H29NO8. The van der Waals surface area contributed by atoms with Crippen LogP contribution in [-0.2, 0) is 28.5 Å². The van der Waals surface area contributed by atoms with Gasteiger partial charge in [0.25, 0.3) is 0 Å². The Morgan fingerprint density at radius 1 is 0.808 bits per heavy atom. The van der Waals surface area contributed by atoms with Crippen LogP contribution in [0.5, 0.6) is 0 Å². The molecule has 0 aliphatic rings. The summed E-state index contributed by atoms with van der Waals surface area (Å²) in [5, 5.41) is 0. The van der Waals surface area contributed by atoms with Gasteiger partial charge in [0.15, 0.2) is 0 Å². The summed E-state index contributed by atoms with van der Waals surface area (Å²) >= 11 is 0. The van der Waals surface area contributed by atoms with Crippen LogP contribution in [0.2, 0.25) is 0 Å². The zero-order valence-electron chi connectivity index (χ0n) is 16.7. The molecule has 26 heavy (non-hydrogen) atoms. The molecule has 0 N–H and O–H groups in total. The van der Waals surface area contributed by atoms with E-state index >= 15 is 0 Å². The molecule has 2 amide bonds. The van der Waals surface area contributed by atoms with Crippen LogP contribution in [0, 0.1) is 0 Å². The Morgan fingerprint density at radius 3 is 1.69 bits per heavy atom. The number of hydrogen-bond acceptors (Lipinski definition) is 8. The summed E-state index contributed by atoms with van der Waals surface area (Å²) in [6, 6.07) is -1.41. The molecule has 9 nitrogen and oxygen atoms in total. The second-order valence-corrected chi connectivity index (χ2v) is 7.48. The fourth-order valence-corrected chi connectivity index (χ4v) is 1.82. The number of esters is 2. The zero-order valence-corrected chi connectivity index (χ0v) is 16.7. The lowest BCUT2D eigenvalue weighted by atomic mass is 10.1. The maximum atomic E-state index is 12.6. The van der Waals surface area contributed by atoms with E-state index in [9.17, 15) is 19.2 Å². The van der Waals surface area contributed by atoms with Gasteiger partial charge in [-0.25, -0.2) is 14.4 Å². The van der Waals surface area contributed by atoms with Gasteiger partial charge in [-0.1, -0.05) is 0 Å². The van der Waals surface area contributed by atoms with Crippen LogP contribution in [0.4, 0.5) is 9.59 Å². The molecule has 150 valence electrons. The minimum Gasteiger partial charge on any atom is -0.469 e. The Labute approximate surface area is 153 Å². The van der Waals surface area contributed by atoms with E-state index in [0.717, 1.165) is 7.11 Å². The van der Waals surface area contributed by atoms with Gasteiger partial charge >= 0.3 is 24.1 Å². The SMILES string of the molecule is COC(=O)CCC(C(=O)OC(C)(C)C)N(C(=O)OC)C(=O)OC(C)(C)C. The van der Waals surface area contributed by atoms with Crippen LogP contribution in [0.25, 0.3) is 0 Å². The highest BCUT2D eigenvalue weighted by atomic mass is 16.6. The maximum absolute atomic E-state index is 12.6. The highest BCUT2D eigenvalue weighted by molar-refractivity contribution is 5.94. The third-order valence-corrected chi connectivity index (χ3v) is 2.80. The summed E-state index contributed by atoms with van der Waals surface area (Å²) in [5.41, 5.74) is -1.78. The molecule has 0 fully saturated rings. The minimum atomic E-state index is -1.41. The van der Waals surface area contributed by atoms with E-state index in [1.165, 1.54) is 7.11 Å². The van der Waals surface area contributed by atoms with Crippen LogP contribution >= 0.6 is 0 Å². The molecule has 0 saturated carbocycles. The summed E-state index contributed by atoms with van der Waals surface area (Å²) < 4.78 is 19.6. The first-order valence-electron chi connectivity index (χ1n) is 8.11. The third kappa shape index (κ3) is 8.68.